The number of aliphatic imine (C=N–C) groups is 1. The Balaban J connectivity index is 0.00000392. The normalized spacial score (nSPS) is 11.6. The Labute approximate surface area is 178 Å². The Hall–Kier alpha value is -2.05. The molecule has 2 N–H and O–H groups in total. The van der Waals surface area contributed by atoms with Crippen LogP contribution in [-0.4, -0.2) is 46.6 Å². The number of nitrogens with zero attached hydrogens (tertiary/aromatic N) is 4. The van der Waals surface area contributed by atoms with E-state index in [1.165, 1.54) is 6.20 Å². The Bertz CT molecular complexity index is 709. The van der Waals surface area contributed by atoms with Crippen LogP contribution in [0.1, 0.15) is 18.9 Å². The number of aromatic nitrogens is 3. The third-order valence-corrected chi connectivity index (χ3v) is 3.39. The summed E-state index contributed by atoms with van der Waals surface area (Å²) in [6, 6.07) is 5.14. The molecule has 0 radical (unpaired) electrons. The molecule has 2 rings (SSSR count). The molecule has 0 atom stereocenters. The lowest BCUT2D eigenvalue weighted by Gasteiger charge is -2.13. The van der Waals surface area contributed by atoms with Crippen LogP contribution in [0, 0.1) is 0 Å². The third kappa shape index (κ3) is 9.24. The predicted molar refractivity (Wildman–Crippen MR) is 111 cm³/mol. The molecule has 0 spiro atoms. The van der Waals surface area contributed by atoms with E-state index in [4.69, 9.17) is 4.74 Å². The number of alkyl halides is 3. The zero-order chi connectivity index (χ0) is 19.5. The van der Waals surface area contributed by atoms with E-state index in [-0.39, 0.29) is 36.4 Å². The van der Waals surface area contributed by atoms with E-state index in [0.29, 0.717) is 24.6 Å². The molecule has 2 aromatic heterocycles. The van der Waals surface area contributed by atoms with Gasteiger partial charge in [0.1, 0.15) is 0 Å². The fourth-order valence-electron chi connectivity index (χ4n) is 2.21. The minimum atomic E-state index is -4.41. The van der Waals surface area contributed by atoms with Crippen molar-refractivity contribution in [2.45, 2.75) is 32.6 Å². The first-order chi connectivity index (χ1) is 13.0. The highest BCUT2D eigenvalue weighted by Gasteiger charge is 2.29. The number of ether oxygens (including phenoxy) is 1. The van der Waals surface area contributed by atoms with Gasteiger partial charge in [0.05, 0.1) is 6.54 Å². The molecular formula is C17H24F3IN6O. The van der Waals surface area contributed by atoms with Crippen molar-refractivity contribution < 1.29 is 17.9 Å². The highest BCUT2D eigenvalue weighted by atomic mass is 127. The molecule has 0 aliphatic rings. The Kier molecular flexibility index (Phi) is 10.6. The van der Waals surface area contributed by atoms with E-state index in [1.54, 1.807) is 18.3 Å². The van der Waals surface area contributed by atoms with Crippen molar-refractivity contribution in [1.29, 1.82) is 0 Å². The van der Waals surface area contributed by atoms with Gasteiger partial charge in [0.25, 0.3) is 0 Å². The van der Waals surface area contributed by atoms with Crippen molar-refractivity contribution in [3.05, 3.63) is 42.4 Å². The monoisotopic (exact) mass is 512 g/mol. The summed E-state index contributed by atoms with van der Waals surface area (Å²) in [6.07, 6.45) is 1.44. The summed E-state index contributed by atoms with van der Waals surface area (Å²) < 4.78 is 43.7. The highest BCUT2D eigenvalue weighted by molar-refractivity contribution is 14.0. The fourth-order valence-corrected chi connectivity index (χ4v) is 2.21. The summed E-state index contributed by atoms with van der Waals surface area (Å²) in [5.41, 5.74) is 0.482. The quantitative estimate of drug-likeness (QED) is 0.234. The molecule has 0 unspecified atom stereocenters. The summed E-state index contributed by atoms with van der Waals surface area (Å²) in [5.74, 6) is 0.511. The van der Waals surface area contributed by atoms with Crippen LogP contribution in [0.15, 0.2) is 41.8 Å². The maximum absolute atomic E-state index is 12.4. The van der Waals surface area contributed by atoms with Crippen molar-refractivity contribution in [2.75, 3.05) is 19.7 Å². The van der Waals surface area contributed by atoms with Crippen LogP contribution >= 0.6 is 24.0 Å². The average molecular weight is 512 g/mol. The van der Waals surface area contributed by atoms with Gasteiger partial charge in [0, 0.05) is 43.8 Å². The molecule has 156 valence electrons. The van der Waals surface area contributed by atoms with Crippen molar-refractivity contribution in [1.82, 2.24) is 25.4 Å². The largest absolute Gasteiger partial charge is 0.468 e. The number of aryl methyl sites for hydroxylation is 1. The van der Waals surface area contributed by atoms with Gasteiger partial charge in [0.15, 0.2) is 12.6 Å². The minimum Gasteiger partial charge on any atom is -0.468 e. The van der Waals surface area contributed by atoms with Gasteiger partial charge < -0.3 is 15.4 Å². The van der Waals surface area contributed by atoms with Gasteiger partial charge in [-0.2, -0.15) is 18.3 Å². The van der Waals surface area contributed by atoms with Crippen LogP contribution in [0.25, 0.3) is 0 Å². The molecule has 2 aromatic rings. The van der Waals surface area contributed by atoms with Crippen LogP contribution in [0.5, 0.6) is 5.88 Å². The van der Waals surface area contributed by atoms with Gasteiger partial charge in [-0.15, -0.1) is 24.0 Å². The van der Waals surface area contributed by atoms with E-state index in [9.17, 15) is 13.2 Å². The zero-order valence-electron chi connectivity index (χ0n) is 15.4. The molecule has 0 saturated carbocycles. The van der Waals surface area contributed by atoms with Crippen molar-refractivity contribution in [3.8, 4) is 5.88 Å². The van der Waals surface area contributed by atoms with E-state index in [0.717, 1.165) is 13.0 Å². The van der Waals surface area contributed by atoms with Gasteiger partial charge in [-0.25, -0.2) is 9.98 Å². The van der Waals surface area contributed by atoms with E-state index in [1.807, 2.05) is 23.9 Å². The number of hydrogen-bond donors (Lipinski definition) is 2. The number of pyridine rings is 1. The van der Waals surface area contributed by atoms with Gasteiger partial charge in [0.2, 0.25) is 5.88 Å². The maximum atomic E-state index is 12.4. The highest BCUT2D eigenvalue weighted by Crippen LogP contribution is 2.20. The predicted octanol–water partition coefficient (Wildman–Crippen LogP) is 2.98. The number of nitrogens with one attached hydrogen (secondary N) is 2. The summed E-state index contributed by atoms with van der Waals surface area (Å²) in [5, 5.41) is 10.4. The molecule has 2 heterocycles. The third-order valence-electron chi connectivity index (χ3n) is 3.39. The SMILES string of the molecule is CCNC(=NCc1cccnc1OCC(F)(F)F)NCCCn1cccn1.I. The lowest BCUT2D eigenvalue weighted by molar-refractivity contribution is -0.154. The summed E-state index contributed by atoms with van der Waals surface area (Å²) in [6.45, 7) is 2.81. The van der Waals surface area contributed by atoms with Crippen LogP contribution in [0.4, 0.5) is 13.2 Å². The van der Waals surface area contributed by atoms with Crippen LogP contribution in [0.3, 0.4) is 0 Å². The second-order valence-corrected chi connectivity index (χ2v) is 5.62. The molecule has 0 aromatic carbocycles. The first-order valence-corrected chi connectivity index (χ1v) is 8.61. The summed E-state index contributed by atoms with van der Waals surface area (Å²) >= 11 is 0. The molecular weight excluding hydrogens is 488 g/mol. The second-order valence-electron chi connectivity index (χ2n) is 5.62. The second kappa shape index (κ2) is 12.4. The lowest BCUT2D eigenvalue weighted by atomic mass is 10.3. The first kappa shape index (κ1) is 24.0. The molecule has 28 heavy (non-hydrogen) atoms. The minimum absolute atomic E-state index is 0. The lowest BCUT2D eigenvalue weighted by Crippen LogP contribution is -2.38. The van der Waals surface area contributed by atoms with E-state index in [2.05, 4.69) is 25.7 Å². The number of halogens is 4. The fraction of sp³-hybridized carbons (Fsp3) is 0.471. The molecule has 0 amide bonds. The van der Waals surface area contributed by atoms with Crippen molar-refractivity contribution in [2.24, 2.45) is 4.99 Å². The smallest absolute Gasteiger partial charge is 0.422 e. The number of hydrogen-bond acceptors (Lipinski definition) is 4. The number of rotatable bonds is 9. The molecule has 0 bridgehead atoms. The van der Waals surface area contributed by atoms with Crippen LogP contribution in [0.2, 0.25) is 0 Å². The maximum Gasteiger partial charge on any atom is 0.422 e. The molecule has 0 aliphatic carbocycles. The van der Waals surface area contributed by atoms with Crippen molar-refractivity contribution >= 4 is 29.9 Å². The Morgan fingerprint density at radius 2 is 2.07 bits per heavy atom. The van der Waals surface area contributed by atoms with Gasteiger partial charge >= 0.3 is 6.18 Å². The molecule has 11 heteroatoms. The first-order valence-electron chi connectivity index (χ1n) is 8.61. The Morgan fingerprint density at radius 3 is 2.75 bits per heavy atom. The Morgan fingerprint density at radius 1 is 1.25 bits per heavy atom. The zero-order valence-corrected chi connectivity index (χ0v) is 17.8. The average Bonchev–Trinajstić information content (AvgIpc) is 3.15. The molecule has 7 nitrogen and oxygen atoms in total. The summed E-state index contributed by atoms with van der Waals surface area (Å²) in [4.78, 5) is 8.26. The molecule has 0 aliphatic heterocycles. The van der Waals surface area contributed by atoms with Crippen LogP contribution in [-0.2, 0) is 13.1 Å². The van der Waals surface area contributed by atoms with Crippen LogP contribution < -0.4 is 15.4 Å². The molecule has 0 fully saturated rings. The summed E-state index contributed by atoms with van der Waals surface area (Å²) in [7, 11) is 0. The van der Waals surface area contributed by atoms with E-state index < -0.39 is 12.8 Å². The van der Waals surface area contributed by atoms with Gasteiger partial charge in [-0.05, 0) is 25.5 Å². The van der Waals surface area contributed by atoms with Crippen molar-refractivity contribution in [3.63, 3.8) is 0 Å². The number of guanidine groups is 1. The topological polar surface area (TPSA) is 76.4 Å². The van der Waals surface area contributed by atoms with Gasteiger partial charge in [-0.3, -0.25) is 4.68 Å². The molecule has 0 saturated heterocycles. The van der Waals surface area contributed by atoms with Gasteiger partial charge in [-0.1, -0.05) is 6.07 Å². The van der Waals surface area contributed by atoms with E-state index >= 15 is 0 Å². The standard InChI is InChI=1S/C17H23F3N6O.HI/c1-2-21-16(23-8-4-10-26-11-5-9-25-26)24-12-14-6-3-7-22-15(14)27-13-17(18,19)20;/h3,5-7,9,11H,2,4,8,10,12-13H2,1H3,(H2,21,23,24);1H.